The molecule has 3 aromatic heterocycles. The Morgan fingerprint density at radius 3 is 2.97 bits per heavy atom. The number of hydrogen-bond acceptors (Lipinski definition) is 6. The molecule has 1 saturated heterocycles. The summed E-state index contributed by atoms with van der Waals surface area (Å²) in [7, 11) is 0. The van der Waals surface area contributed by atoms with Crippen molar-refractivity contribution in [2.75, 3.05) is 6.61 Å². The minimum Gasteiger partial charge on any atom is -0.378 e. The first-order valence-electron chi connectivity index (χ1n) is 9.79. The lowest BCUT2D eigenvalue weighted by atomic mass is 10.0. The van der Waals surface area contributed by atoms with Crippen LogP contribution in [0.15, 0.2) is 43.0 Å². The number of imidazole rings is 1. The molecular weight excluding hydrogens is 364 g/mol. The van der Waals surface area contributed by atoms with Crippen LogP contribution in [0.5, 0.6) is 0 Å². The number of pyridine rings is 1. The van der Waals surface area contributed by atoms with Gasteiger partial charge in [0.05, 0.1) is 40.7 Å². The maximum Gasteiger partial charge on any atom is 0.116 e. The second kappa shape index (κ2) is 7.22. The quantitative estimate of drug-likeness (QED) is 0.536. The summed E-state index contributed by atoms with van der Waals surface area (Å²) in [6.45, 7) is 2.84. The van der Waals surface area contributed by atoms with E-state index in [1.54, 1.807) is 18.6 Å². The number of benzene rings is 1. The number of nitriles is 1. The van der Waals surface area contributed by atoms with Crippen molar-refractivity contribution < 1.29 is 4.74 Å². The molecule has 4 aromatic rings. The molecule has 144 valence electrons. The zero-order valence-corrected chi connectivity index (χ0v) is 16.1. The third-order valence-electron chi connectivity index (χ3n) is 5.52. The van der Waals surface area contributed by atoms with Crippen molar-refractivity contribution in [3.8, 4) is 6.07 Å². The molecule has 4 heterocycles. The van der Waals surface area contributed by atoms with Crippen molar-refractivity contribution in [3.63, 3.8) is 0 Å². The van der Waals surface area contributed by atoms with Crippen LogP contribution in [0.4, 0.5) is 0 Å². The molecule has 1 aromatic carbocycles. The van der Waals surface area contributed by atoms with Crippen LogP contribution in [0.25, 0.3) is 21.9 Å². The summed E-state index contributed by atoms with van der Waals surface area (Å²) in [5.74, 6) is 0.953. The van der Waals surface area contributed by atoms with Crippen LogP contribution < -0.4 is 0 Å². The highest BCUT2D eigenvalue weighted by Crippen LogP contribution is 2.34. The lowest BCUT2D eigenvalue weighted by Gasteiger charge is -2.30. The van der Waals surface area contributed by atoms with E-state index < -0.39 is 0 Å². The van der Waals surface area contributed by atoms with Gasteiger partial charge in [-0.1, -0.05) is 0 Å². The Labute approximate surface area is 168 Å². The van der Waals surface area contributed by atoms with Crippen LogP contribution >= 0.6 is 0 Å². The van der Waals surface area contributed by atoms with E-state index in [1.807, 2.05) is 24.4 Å². The van der Waals surface area contributed by atoms with Crippen molar-refractivity contribution in [3.05, 3.63) is 60.1 Å². The Morgan fingerprint density at radius 2 is 2.17 bits per heavy atom. The molecular formula is C22H20N6O. The predicted molar refractivity (Wildman–Crippen MR) is 108 cm³/mol. The highest BCUT2D eigenvalue weighted by molar-refractivity contribution is 6.02. The number of rotatable bonds is 3. The minimum atomic E-state index is 0.195. The molecule has 2 atom stereocenters. The molecule has 0 aliphatic carbocycles. The van der Waals surface area contributed by atoms with Crippen LogP contribution in [0, 0.1) is 11.3 Å². The molecule has 7 heteroatoms. The zero-order valence-electron chi connectivity index (χ0n) is 16.1. The van der Waals surface area contributed by atoms with Gasteiger partial charge in [-0.25, -0.2) is 15.0 Å². The first-order chi connectivity index (χ1) is 14.2. The van der Waals surface area contributed by atoms with Gasteiger partial charge in [-0.2, -0.15) is 5.26 Å². The fourth-order valence-electron chi connectivity index (χ4n) is 4.21. The second-order valence-corrected chi connectivity index (χ2v) is 7.47. The SMILES string of the molecule is C[C@@H]1CC(n2c(Cc3ccncn3)nc3cnc4ccc(C#N)cc4c32)CCO1. The maximum absolute atomic E-state index is 9.40. The van der Waals surface area contributed by atoms with E-state index in [1.165, 1.54) is 0 Å². The van der Waals surface area contributed by atoms with E-state index >= 15 is 0 Å². The van der Waals surface area contributed by atoms with E-state index in [0.29, 0.717) is 12.0 Å². The number of nitrogens with zero attached hydrogens (tertiary/aromatic N) is 6. The number of fused-ring (bicyclic) bond motifs is 3. The minimum absolute atomic E-state index is 0.195. The van der Waals surface area contributed by atoms with Crippen LogP contribution in [0.3, 0.4) is 0 Å². The van der Waals surface area contributed by atoms with Gasteiger partial charge in [0.25, 0.3) is 0 Å². The van der Waals surface area contributed by atoms with Gasteiger partial charge in [0, 0.05) is 30.7 Å². The Balaban J connectivity index is 1.76. The summed E-state index contributed by atoms with van der Waals surface area (Å²) in [4.78, 5) is 17.9. The molecule has 0 N–H and O–H groups in total. The summed E-state index contributed by atoms with van der Waals surface area (Å²) >= 11 is 0. The third kappa shape index (κ3) is 3.22. The lowest BCUT2D eigenvalue weighted by molar-refractivity contribution is 0.00631. The normalized spacial score (nSPS) is 19.4. The summed E-state index contributed by atoms with van der Waals surface area (Å²) in [6.07, 6.45) is 7.80. The van der Waals surface area contributed by atoms with Crippen molar-refractivity contribution in [2.45, 2.75) is 38.3 Å². The highest BCUT2D eigenvalue weighted by Gasteiger charge is 2.26. The van der Waals surface area contributed by atoms with E-state index in [4.69, 9.17) is 9.72 Å². The maximum atomic E-state index is 9.40. The van der Waals surface area contributed by atoms with Crippen LogP contribution in [-0.4, -0.2) is 37.2 Å². The molecule has 0 saturated carbocycles. The standard InChI is InChI=1S/C22H20N6O/c1-14-8-17(5-7-29-14)28-21(10-16-4-6-24-13-26-16)27-20-12-25-19-3-2-15(11-23)9-18(19)22(20)28/h2-4,6,9,12-14,17H,5,7-8,10H2,1H3/t14-,17?/m1/s1. The molecule has 5 rings (SSSR count). The molecule has 1 fully saturated rings. The molecule has 7 nitrogen and oxygen atoms in total. The average Bonchev–Trinajstić information content (AvgIpc) is 3.12. The number of ether oxygens (including phenoxy) is 1. The summed E-state index contributed by atoms with van der Waals surface area (Å²) in [5, 5.41) is 10.4. The van der Waals surface area contributed by atoms with Gasteiger partial charge < -0.3 is 9.30 Å². The van der Waals surface area contributed by atoms with Crippen LogP contribution in [-0.2, 0) is 11.2 Å². The first kappa shape index (κ1) is 17.7. The topological polar surface area (TPSA) is 89.5 Å². The molecule has 0 bridgehead atoms. The van der Waals surface area contributed by atoms with Gasteiger partial charge in [-0.05, 0) is 44.0 Å². The van der Waals surface area contributed by atoms with Crippen molar-refractivity contribution in [1.82, 2.24) is 24.5 Å². The smallest absolute Gasteiger partial charge is 0.116 e. The Kier molecular flexibility index (Phi) is 4.41. The molecule has 29 heavy (non-hydrogen) atoms. The molecule has 0 amide bonds. The summed E-state index contributed by atoms with van der Waals surface area (Å²) in [6, 6.07) is 10.1. The fourth-order valence-corrected chi connectivity index (χ4v) is 4.21. The van der Waals surface area contributed by atoms with Gasteiger partial charge >= 0.3 is 0 Å². The third-order valence-corrected chi connectivity index (χ3v) is 5.52. The average molecular weight is 384 g/mol. The Morgan fingerprint density at radius 1 is 1.24 bits per heavy atom. The van der Waals surface area contributed by atoms with Crippen molar-refractivity contribution >= 4 is 21.9 Å². The van der Waals surface area contributed by atoms with Gasteiger partial charge in [0.15, 0.2) is 0 Å². The number of aromatic nitrogens is 5. The predicted octanol–water partition coefficient (Wildman–Crippen LogP) is 3.58. The lowest BCUT2D eigenvalue weighted by Crippen LogP contribution is -2.26. The van der Waals surface area contributed by atoms with Crippen LogP contribution in [0.2, 0.25) is 0 Å². The fraction of sp³-hybridized carbons (Fsp3) is 0.318. The molecule has 1 aliphatic heterocycles. The second-order valence-electron chi connectivity index (χ2n) is 7.47. The highest BCUT2D eigenvalue weighted by atomic mass is 16.5. The van der Waals surface area contributed by atoms with Gasteiger partial charge in [-0.15, -0.1) is 0 Å². The summed E-state index contributed by atoms with van der Waals surface area (Å²) in [5.41, 5.74) is 4.29. The van der Waals surface area contributed by atoms with E-state index in [9.17, 15) is 5.26 Å². The van der Waals surface area contributed by atoms with Gasteiger partial charge in [-0.3, -0.25) is 4.98 Å². The summed E-state index contributed by atoms with van der Waals surface area (Å²) < 4.78 is 8.13. The van der Waals surface area contributed by atoms with Crippen molar-refractivity contribution in [1.29, 1.82) is 5.26 Å². The Bertz CT molecular complexity index is 1230. The van der Waals surface area contributed by atoms with E-state index in [2.05, 4.69) is 32.5 Å². The first-order valence-corrected chi connectivity index (χ1v) is 9.79. The molecule has 0 radical (unpaired) electrons. The molecule has 0 spiro atoms. The Hall–Kier alpha value is -3.37. The zero-order chi connectivity index (χ0) is 19.8. The van der Waals surface area contributed by atoms with Crippen molar-refractivity contribution in [2.24, 2.45) is 0 Å². The van der Waals surface area contributed by atoms with E-state index in [-0.39, 0.29) is 12.1 Å². The largest absolute Gasteiger partial charge is 0.378 e. The monoisotopic (exact) mass is 384 g/mol. The van der Waals surface area contributed by atoms with Gasteiger partial charge in [0.1, 0.15) is 17.7 Å². The van der Waals surface area contributed by atoms with Crippen LogP contribution in [0.1, 0.15) is 42.9 Å². The molecule has 1 aliphatic rings. The van der Waals surface area contributed by atoms with Gasteiger partial charge in [0.2, 0.25) is 0 Å². The van der Waals surface area contributed by atoms with E-state index in [0.717, 1.165) is 52.9 Å². The molecule has 1 unspecified atom stereocenters. The number of hydrogen-bond donors (Lipinski definition) is 0.